The zero-order valence-corrected chi connectivity index (χ0v) is 16.0. The van der Waals surface area contributed by atoms with E-state index in [1.165, 1.54) is 18.0 Å². The van der Waals surface area contributed by atoms with E-state index in [0.717, 1.165) is 0 Å². The molecule has 0 spiro atoms. The summed E-state index contributed by atoms with van der Waals surface area (Å²) in [5, 5.41) is 5.61. The Morgan fingerprint density at radius 1 is 1.37 bits per heavy atom. The minimum atomic E-state index is -0.590. The lowest BCUT2D eigenvalue weighted by molar-refractivity contribution is -0.141. The predicted octanol–water partition coefficient (Wildman–Crippen LogP) is 0.618. The minimum absolute atomic E-state index is 0.112. The Bertz CT molecular complexity index is 882. The second kappa shape index (κ2) is 8.06. The molecule has 1 atom stereocenters. The van der Waals surface area contributed by atoms with E-state index in [1.807, 2.05) is 0 Å². The summed E-state index contributed by atoms with van der Waals surface area (Å²) >= 11 is 0. The molecule has 0 aliphatic rings. The van der Waals surface area contributed by atoms with Crippen LogP contribution in [-0.4, -0.2) is 56.9 Å². The van der Waals surface area contributed by atoms with Crippen molar-refractivity contribution in [1.82, 2.24) is 24.8 Å². The Morgan fingerprint density at radius 2 is 2.07 bits per heavy atom. The van der Waals surface area contributed by atoms with Gasteiger partial charge in [0.05, 0.1) is 13.4 Å². The standard InChI is InChI=1S/C16H24N6O5/c1-9(19-15(25)27-16(2,3)4)6-17-14-20-12-11(13(24)21-14)18-8-22(12)7-10(23)26-5/h8-9H,6-7H2,1-5H3,(H,19,25)(H2,17,20,21,24). The third kappa shape index (κ3) is 5.69. The minimum Gasteiger partial charge on any atom is -0.468 e. The van der Waals surface area contributed by atoms with Crippen molar-refractivity contribution in [2.45, 2.75) is 45.9 Å². The van der Waals surface area contributed by atoms with Gasteiger partial charge in [0.1, 0.15) is 12.1 Å². The van der Waals surface area contributed by atoms with Gasteiger partial charge in [0.25, 0.3) is 5.56 Å². The van der Waals surface area contributed by atoms with Gasteiger partial charge in [-0.2, -0.15) is 4.98 Å². The first-order valence-corrected chi connectivity index (χ1v) is 8.34. The highest BCUT2D eigenvalue weighted by molar-refractivity contribution is 5.75. The number of rotatable bonds is 6. The number of amides is 1. The number of aromatic amines is 1. The molecule has 2 aromatic rings. The second-order valence-electron chi connectivity index (χ2n) is 6.96. The van der Waals surface area contributed by atoms with Gasteiger partial charge in [-0.15, -0.1) is 0 Å². The number of carbonyl (C=O) groups is 2. The molecular formula is C16H24N6O5. The van der Waals surface area contributed by atoms with Crippen LogP contribution in [0.25, 0.3) is 11.2 Å². The third-order valence-corrected chi connectivity index (χ3v) is 3.34. The number of nitrogens with one attached hydrogen (secondary N) is 3. The number of anilines is 1. The molecule has 0 aliphatic carbocycles. The number of hydrogen-bond acceptors (Lipinski definition) is 8. The molecule has 2 heterocycles. The van der Waals surface area contributed by atoms with Gasteiger partial charge in [-0.05, 0) is 27.7 Å². The highest BCUT2D eigenvalue weighted by Crippen LogP contribution is 2.09. The summed E-state index contributed by atoms with van der Waals surface area (Å²) < 4.78 is 11.2. The number of ether oxygens (including phenoxy) is 2. The van der Waals surface area contributed by atoms with Crippen molar-refractivity contribution in [3.05, 3.63) is 16.7 Å². The molecule has 27 heavy (non-hydrogen) atoms. The van der Waals surface area contributed by atoms with Crippen molar-refractivity contribution in [3.63, 3.8) is 0 Å². The zero-order valence-electron chi connectivity index (χ0n) is 16.0. The lowest BCUT2D eigenvalue weighted by atomic mass is 10.2. The zero-order chi connectivity index (χ0) is 20.2. The number of esters is 1. The normalized spacial score (nSPS) is 12.5. The van der Waals surface area contributed by atoms with E-state index in [1.54, 1.807) is 27.7 Å². The molecule has 11 nitrogen and oxygen atoms in total. The van der Waals surface area contributed by atoms with Gasteiger partial charge >= 0.3 is 12.1 Å². The number of carbonyl (C=O) groups excluding carboxylic acids is 2. The van der Waals surface area contributed by atoms with E-state index in [2.05, 4.69) is 30.3 Å². The first-order valence-electron chi connectivity index (χ1n) is 8.34. The van der Waals surface area contributed by atoms with E-state index >= 15 is 0 Å². The van der Waals surface area contributed by atoms with Gasteiger partial charge in [-0.1, -0.05) is 0 Å². The van der Waals surface area contributed by atoms with Crippen LogP contribution >= 0.6 is 0 Å². The second-order valence-corrected chi connectivity index (χ2v) is 6.96. The summed E-state index contributed by atoms with van der Waals surface area (Å²) in [5.41, 5.74) is -0.671. The highest BCUT2D eigenvalue weighted by Gasteiger charge is 2.18. The molecule has 0 aliphatic heterocycles. The van der Waals surface area contributed by atoms with Crippen LogP contribution in [0.2, 0.25) is 0 Å². The summed E-state index contributed by atoms with van der Waals surface area (Å²) in [6, 6.07) is -0.291. The van der Waals surface area contributed by atoms with Crippen LogP contribution in [0.3, 0.4) is 0 Å². The van der Waals surface area contributed by atoms with Crippen LogP contribution in [0.4, 0.5) is 10.7 Å². The maximum absolute atomic E-state index is 12.1. The van der Waals surface area contributed by atoms with Crippen molar-refractivity contribution in [3.8, 4) is 0 Å². The number of aromatic nitrogens is 4. The van der Waals surface area contributed by atoms with Crippen molar-refractivity contribution in [2.24, 2.45) is 0 Å². The first-order chi connectivity index (χ1) is 12.6. The molecule has 2 aromatic heterocycles. The summed E-state index contributed by atoms with van der Waals surface area (Å²) in [7, 11) is 1.27. The molecule has 3 N–H and O–H groups in total. The smallest absolute Gasteiger partial charge is 0.407 e. The van der Waals surface area contributed by atoms with Crippen LogP contribution in [0.5, 0.6) is 0 Å². The van der Waals surface area contributed by atoms with Crippen molar-refractivity contribution < 1.29 is 19.1 Å². The maximum atomic E-state index is 12.1. The molecule has 2 rings (SSSR count). The molecule has 1 amide bonds. The largest absolute Gasteiger partial charge is 0.468 e. The van der Waals surface area contributed by atoms with E-state index in [0.29, 0.717) is 6.54 Å². The average molecular weight is 380 g/mol. The summed E-state index contributed by atoms with van der Waals surface area (Å²) in [4.78, 5) is 46.2. The molecule has 0 fully saturated rings. The SMILES string of the molecule is COC(=O)Cn1cnc2c(=O)[nH]c(NCC(C)NC(=O)OC(C)(C)C)nc21. The van der Waals surface area contributed by atoms with Crippen LogP contribution in [0, 0.1) is 0 Å². The third-order valence-electron chi connectivity index (χ3n) is 3.34. The van der Waals surface area contributed by atoms with Crippen molar-refractivity contribution >= 4 is 29.2 Å². The molecule has 1 unspecified atom stereocenters. The average Bonchev–Trinajstić information content (AvgIpc) is 2.94. The number of fused-ring (bicyclic) bond motifs is 1. The number of hydrogen-bond donors (Lipinski definition) is 3. The fourth-order valence-corrected chi connectivity index (χ4v) is 2.17. The van der Waals surface area contributed by atoms with Crippen molar-refractivity contribution in [2.75, 3.05) is 19.0 Å². The predicted molar refractivity (Wildman–Crippen MR) is 97.5 cm³/mol. The Morgan fingerprint density at radius 3 is 2.70 bits per heavy atom. The fraction of sp³-hybridized carbons (Fsp3) is 0.562. The number of methoxy groups -OCH3 is 1. The van der Waals surface area contributed by atoms with Crippen LogP contribution in [0.15, 0.2) is 11.1 Å². The lowest BCUT2D eigenvalue weighted by Gasteiger charge is -2.22. The quantitative estimate of drug-likeness (QED) is 0.620. The lowest BCUT2D eigenvalue weighted by Crippen LogP contribution is -2.41. The first kappa shape index (κ1) is 20.2. The highest BCUT2D eigenvalue weighted by atomic mass is 16.6. The van der Waals surface area contributed by atoms with Gasteiger partial charge in [0.15, 0.2) is 11.2 Å². The topological polar surface area (TPSA) is 140 Å². The Kier molecular flexibility index (Phi) is 6.03. The Balaban J connectivity index is 2.06. The number of H-pyrrole nitrogens is 1. The summed E-state index contributed by atoms with van der Waals surface area (Å²) in [5.74, 6) is -0.293. The summed E-state index contributed by atoms with van der Waals surface area (Å²) in [6.07, 6.45) is 0.810. The van der Waals surface area contributed by atoms with Crippen LogP contribution < -0.4 is 16.2 Å². The molecule has 0 saturated heterocycles. The molecule has 0 bridgehead atoms. The number of imidazole rings is 1. The molecule has 148 valence electrons. The number of alkyl carbamates (subject to hydrolysis) is 1. The van der Waals surface area contributed by atoms with Gasteiger partial charge < -0.3 is 24.7 Å². The Labute approximate surface area is 155 Å². The Hall–Kier alpha value is -3.11. The molecule has 0 saturated carbocycles. The monoisotopic (exact) mass is 380 g/mol. The van der Waals surface area contributed by atoms with Gasteiger partial charge in [0.2, 0.25) is 5.95 Å². The van der Waals surface area contributed by atoms with E-state index in [9.17, 15) is 14.4 Å². The van der Waals surface area contributed by atoms with Crippen LogP contribution in [0.1, 0.15) is 27.7 Å². The molecule has 0 aromatic carbocycles. The van der Waals surface area contributed by atoms with Crippen LogP contribution in [-0.2, 0) is 20.8 Å². The van der Waals surface area contributed by atoms with Gasteiger partial charge in [0, 0.05) is 12.6 Å². The van der Waals surface area contributed by atoms with Gasteiger partial charge in [-0.3, -0.25) is 14.6 Å². The summed E-state index contributed by atoms with van der Waals surface area (Å²) in [6.45, 7) is 7.28. The van der Waals surface area contributed by atoms with E-state index in [4.69, 9.17) is 4.74 Å². The van der Waals surface area contributed by atoms with E-state index in [-0.39, 0.29) is 29.7 Å². The maximum Gasteiger partial charge on any atom is 0.407 e. The van der Waals surface area contributed by atoms with Gasteiger partial charge in [-0.25, -0.2) is 9.78 Å². The molecule has 11 heteroatoms. The molecule has 0 radical (unpaired) electrons. The molecular weight excluding hydrogens is 356 g/mol. The number of nitrogens with zero attached hydrogens (tertiary/aromatic N) is 3. The van der Waals surface area contributed by atoms with Crippen molar-refractivity contribution in [1.29, 1.82) is 0 Å². The fourth-order valence-electron chi connectivity index (χ4n) is 2.17. The van der Waals surface area contributed by atoms with E-state index < -0.39 is 23.2 Å².